The number of ether oxygens (including phenoxy) is 2. The predicted octanol–water partition coefficient (Wildman–Crippen LogP) is 3.28. The standard InChI is InChI=1S/C17H29NO4S/c1-10(2)16(19)20-9-13-14(11-5-3-6-11)15(12-7-4-8-12)17(21-13)22-23-18/h10-15,17H,3-9,18H2,1-2H3. The van der Waals surface area contributed by atoms with Crippen molar-refractivity contribution in [3.63, 3.8) is 0 Å². The maximum absolute atomic E-state index is 11.8. The van der Waals surface area contributed by atoms with Crippen LogP contribution >= 0.6 is 12.2 Å². The van der Waals surface area contributed by atoms with Crippen LogP contribution < -0.4 is 5.14 Å². The zero-order chi connectivity index (χ0) is 16.4. The Morgan fingerprint density at radius 3 is 2.26 bits per heavy atom. The van der Waals surface area contributed by atoms with Gasteiger partial charge in [0.15, 0.2) is 6.29 Å². The topological polar surface area (TPSA) is 70.8 Å². The van der Waals surface area contributed by atoms with E-state index in [1.165, 1.54) is 38.5 Å². The molecule has 1 heterocycles. The number of carbonyl (C=O) groups excluding carboxylic acids is 1. The Morgan fingerprint density at radius 2 is 1.78 bits per heavy atom. The molecule has 1 aliphatic heterocycles. The minimum Gasteiger partial charge on any atom is -0.463 e. The first-order valence-corrected chi connectivity index (χ1v) is 9.76. The summed E-state index contributed by atoms with van der Waals surface area (Å²) in [6.45, 7) is 4.06. The van der Waals surface area contributed by atoms with E-state index in [-0.39, 0.29) is 24.3 Å². The maximum atomic E-state index is 11.8. The van der Waals surface area contributed by atoms with Gasteiger partial charge in [0.1, 0.15) is 6.61 Å². The second kappa shape index (κ2) is 7.72. The first kappa shape index (κ1) is 17.5. The minimum absolute atomic E-state index is 0.0502. The van der Waals surface area contributed by atoms with Crippen molar-refractivity contribution in [3.8, 4) is 0 Å². The lowest BCUT2D eigenvalue weighted by molar-refractivity contribution is -0.156. The van der Waals surface area contributed by atoms with Gasteiger partial charge in [0, 0.05) is 5.92 Å². The van der Waals surface area contributed by atoms with Gasteiger partial charge in [-0.25, -0.2) is 0 Å². The number of hydrogen-bond donors (Lipinski definition) is 1. The van der Waals surface area contributed by atoms with Crippen LogP contribution in [0.4, 0.5) is 0 Å². The fraction of sp³-hybridized carbons (Fsp3) is 0.941. The molecular weight excluding hydrogens is 314 g/mol. The number of hydrogen-bond acceptors (Lipinski definition) is 6. The SMILES string of the molecule is CC(C)C(=O)OCC1OC(OSN)C(C2CCC2)C1C1CCC1. The molecule has 5 nitrogen and oxygen atoms in total. The molecule has 4 atom stereocenters. The molecule has 0 amide bonds. The smallest absolute Gasteiger partial charge is 0.308 e. The summed E-state index contributed by atoms with van der Waals surface area (Å²) in [7, 11) is 0. The van der Waals surface area contributed by atoms with E-state index in [1.807, 2.05) is 13.8 Å². The summed E-state index contributed by atoms with van der Waals surface area (Å²) in [5, 5.41) is 5.53. The van der Waals surface area contributed by atoms with Crippen LogP contribution in [0.25, 0.3) is 0 Å². The summed E-state index contributed by atoms with van der Waals surface area (Å²) in [5.41, 5.74) is 0. The minimum atomic E-state index is -0.261. The first-order chi connectivity index (χ1) is 11.1. The molecule has 132 valence electrons. The second-order valence-corrected chi connectivity index (χ2v) is 7.94. The van der Waals surface area contributed by atoms with Crippen LogP contribution in [0.1, 0.15) is 52.4 Å². The van der Waals surface area contributed by atoms with Crippen molar-refractivity contribution in [1.29, 1.82) is 0 Å². The van der Waals surface area contributed by atoms with Gasteiger partial charge in [-0.05, 0) is 30.6 Å². The highest BCUT2D eigenvalue weighted by Crippen LogP contribution is 2.53. The summed E-state index contributed by atoms with van der Waals surface area (Å²) < 4.78 is 17.3. The molecule has 2 saturated carbocycles. The van der Waals surface area contributed by atoms with Crippen molar-refractivity contribution in [2.45, 2.75) is 64.8 Å². The Bertz CT molecular complexity index is 411. The van der Waals surface area contributed by atoms with Gasteiger partial charge in [0.2, 0.25) is 0 Å². The molecule has 3 rings (SSSR count). The highest BCUT2D eigenvalue weighted by Gasteiger charge is 2.53. The van der Waals surface area contributed by atoms with E-state index in [2.05, 4.69) is 0 Å². The van der Waals surface area contributed by atoms with Gasteiger partial charge >= 0.3 is 5.97 Å². The van der Waals surface area contributed by atoms with E-state index < -0.39 is 0 Å². The molecular formula is C17H29NO4S. The van der Waals surface area contributed by atoms with Crippen molar-refractivity contribution in [3.05, 3.63) is 0 Å². The molecule has 2 N–H and O–H groups in total. The summed E-state index contributed by atoms with van der Waals surface area (Å²) in [6, 6.07) is 0. The van der Waals surface area contributed by atoms with E-state index in [4.69, 9.17) is 18.8 Å². The van der Waals surface area contributed by atoms with E-state index in [0.717, 1.165) is 12.2 Å². The summed E-state index contributed by atoms with van der Waals surface area (Å²) in [6.07, 6.45) is 7.31. The zero-order valence-electron chi connectivity index (χ0n) is 14.1. The van der Waals surface area contributed by atoms with Crippen molar-refractivity contribution in [1.82, 2.24) is 0 Å². The number of esters is 1. The first-order valence-electron chi connectivity index (χ1n) is 8.96. The van der Waals surface area contributed by atoms with Gasteiger partial charge in [-0.2, -0.15) is 0 Å². The maximum Gasteiger partial charge on any atom is 0.308 e. The fourth-order valence-corrected chi connectivity index (χ4v) is 4.49. The molecule has 3 aliphatic rings. The van der Waals surface area contributed by atoms with Gasteiger partial charge in [0.05, 0.1) is 24.3 Å². The molecule has 4 unspecified atom stereocenters. The van der Waals surface area contributed by atoms with Crippen LogP contribution in [0.3, 0.4) is 0 Å². The molecule has 0 radical (unpaired) electrons. The Hall–Kier alpha value is -0.300. The molecule has 6 heteroatoms. The highest BCUT2D eigenvalue weighted by molar-refractivity contribution is 7.92. The number of nitrogens with two attached hydrogens (primary N) is 1. The van der Waals surface area contributed by atoms with Gasteiger partial charge in [-0.15, -0.1) is 0 Å². The van der Waals surface area contributed by atoms with E-state index in [1.54, 1.807) is 0 Å². The van der Waals surface area contributed by atoms with Crippen molar-refractivity contribution in [2.75, 3.05) is 6.61 Å². The van der Waals surface area contributed by atoms with E-state index in [9.17, 15) is 4.79 Å². The van der Waals surface area contributed by atoms with Crippen molar-refractivity contribution in [2.24, 2.45) is 34.7 Å². The van der Waals surface area contributed by atoms with Crippen LogP contribution in [0.15, 0.2) is 0 Å². The summed E-state index contributed by atoms with van der Waals surface area (Å²) in [5.74, 6) is 1.92. The summed E-state index contributed by atoms with van der Waals surface area (Å²) >= 11 is 0.893. The average Bonchev–Trinajstić information content (AvgIpc) is 2.72. The number of rotatable bonds is 7. The zero-order valence-corrected chi connectivity index (χ0v) is 14.9. The lowest BCUT2D eigenvalue weighted by Crippen LogP contribution is -2.40. The van der Waals surface area contributed by atoms with E-state index >= 15 is 0 Å². The average molecular weight is 343 g/mol. The molecule has 2 aliphatic carbocycles. The van der Waals surface area contributed by atoms with Gasteiger partial charge in [0.25, 0.3) is 0 Å². The Labute approximate surface area is 143 Å². The lowest BCUT2D eigenvalue weighted by atomic mass is 9.62. The normalized spacial score (nSPS) is 35.1. The molecule has 0 aromatic carbocycles. The molecule has 3 fully saturated rings. The molecule has 23 heavy (non-hydrogen) atoms. The van der Waals surface area contributed by atoms with E-state index in [0.29, 0.717) is 30.3 Å². The fourth-order valence-electron chi connectivity index (χ4n) is 4.21. The predicted molar refractivity (Wildman–Crippen MR) is 89.0 cm³/mol. The quantitative estimate of drug-likeness (QED) is 0.434. The van der Waals surface area contributed by atoms with Gasteiger partial charge in [-0.1, -0.05) is 39.5 Å². The summed E-state index contributed by atoms with van der Waals surface area (Å²) in [4.78, 5) is 11.8. The lowest BCUT2D eigenvalue weighted by Gasteiger charge is -2.42. The van der Waals surface area contributed by atoms with Gasteiger partial charge < -0.3 is 9.47 Å². The van der Waals surface area contributed by atoms with Gasteiger partial charge in [-0.3, -0.25) is 14.1 Å². The third kappa shape index (κ3) is 3.70. The van der Waals surface area contributed by atoms with Crippen LogP contribution in [-0.4, -0.2) is 25.0 Å². The van der Waals surface area contributed by atoms with Crippen molar-refractivity contribution < 1.29 is 18.5 Å². The van der Waals surface area contributed by atoms with Crippen molar-refractivity contribution >= 4 is 18.2 Å². The van der Waals surface area contributed by atoms with Crippen LogP contribution in [0, 0.1) is 29.6 Å². The highest BCUT2D eigenvalue weighted by atomic mass is 32.2. The molecule has 0 aromatic heterocycles. The molecule has 0 spiro atoms. The second-order valence-electron chi connectivity index (χ2n) is 7.56. The molecule has 1 saturated heterocycles. The third-order valence-electron chi connectivity index (χ3n) is 5.90. The van der Waals surface area contributed by atoms with Crippen LogP contribution in [0.2, 0.25) is 0 Å². The molecule has 0 bridgehead atoms. The third-order valence-corrected chi connectivity index (χ3v) is 6.20. The largest absolute Gasteiger partial charge is 0.463 e. The monoisotopic (exact) mass is 343 g/mol. The van der Waals surface area contributed by atoms with Crippen LogP contribution in [-0.2, 0) is 18.5 Å². The molecule has 0 aromatic rings. The Kier molecular flexibility index (Phi) is 5.88. The Morgan fingerprint density at radius 1 is 1.17 bits per heavy atom. The number of carbonyl (C=O) groups is 1. The van der Waals surface area contributed by atoms with Crippen LogP contribution in [0.5, 0.6) is 0 Å². The Balaban J connectivity index is 1.69.